The molecule has 0 spiro atoms. The zero-order valence-electron chi connectivity index (χ0n) is 9.84. The van der Waals surface area contributed by atoms with Gasteiger partial charge in [-0.15, -0.1) is 0 Å². The van der Waals surface area contributed by atoms with Crippen LogP contribution < -0.4 is 5.32 Å². The molecule has 0 saturated heterocycles. The zero-order chi connectivity index (χ0) is 10.8. The van der Waals surface area contributed by atoms with Crippen LogP contribution in [-0.2, 0) is 12.8 Å². The summed E-state index contributed by atoms with van der Waals surface area (Å²) in [6, 6.07) is 4.39. The summed E-state index contributed by atoms with van der Waals surface area (Å²) in [5.74, 6) is 2.07. The fraction of sp³-hybridized carbons (Fsp3) is 0.643. The van der Waals surface area contributed by atoms with Gasteiger partial charge in [0.25, 0.3) is 0 Å². The number of anilines is 1. The number of rotatable bonds is 4. The van der Waals surface area contributed by atoms with Gasteiger partial charge in [-0.2, -0.15) is 0 Å². The number of nitrogens with zero attached hydrogens (tertiary/aromatic N) is 1. The first kappa shape index (κ1) is 10.1. The quantitative estimate of drug-likeness (QED) is 0.836. The van der Waals surface area contributed by atoms with Crippen molar-refractivity contribution in [3.8, 4) is 0 Å². The smallest absolute Gasteiger partial charge is 0.126 e. The van der Waals surface area contributed by atoms with Gasteiger partial charge in [0.1, 0.15) is 5.82 Å². The van der Waals surface area contributed by atoms with Gasteiger partial charge in [0.2, 0.25) is 0 Å². The van der Waals surface area contributed by atoms with Crippen molar-refractivity contribution in [1.82, 2.24) is 4.98 Å². The van der Waals surface area contributed by atoms with Crippen LogP contribution in [0.1, 0.15) is 43.4 Å². The van der Waals surface area contributed by atoms with Gasteiger partial charge < -0.3 is 5.32 Å². The standard InChI is InChI=1S/C14H20N2/c1-3-11(4-1)9-10-15-14-8-7-12-5-2-6-13(12)16-14/h7-8,11H,1-6,9-10H2,(H,15,16). The minimum absolute atomic E-state index is 0.988. The van der Waals surface area contributed by atoms with Crippen LogP contribution >= 0.6 is 0 Å². The first-order chi connectivity index (χ1) is 7.92. The van der Waals surface area contributed by atoms with Crippen LogP contribution in [0.3, 0.4) is 0 Å². The van der Waals surface area contributed by atoms with E-state index in [2.05, 4.69) is 22.4 Å². The Morgan fingerprint density at radius 1 is 1.19 bits per heavy atom. The molecule has 0 radical (unpaired) electrons. The van der Waals surface area contributed by atoms with Gasteiger partial charge in [-0.1, -0.05) is 25.3 Å². The van der Waals surface area contributed by atoms with E-state index in [-0.39, 0.29) is 0 Å². The third-order valence-electron chi connectivity index (χ3n) is 4.01. The average Bonchev–Trinajstić information content (AvgIpc) is 2.68. The summed E-state index contributed by atoms with van der Waals surface area (Å²) in [5, 5.41) is 3.46. The highest BCUT2D eigenvalue weighted by Gasteiger charge is 2.16. The second-order valence-electron chi connectivity index (χ2n) is 5.17. The molecule has 86 valence electrons. The highest BCUT2D eigenvalue weighted by Crippen LogP contribution is 2.29. The Morgan fingerprint density at radius 3 is 2.94 bits per heavy atom. The van der Waals surface area contributed by atoms with Crippen molar-refractivity contribution in [2.75, 3.05) is 11.9 Å². The first-order valence-electron chi connectivity index (χ1n) is 6.64. The van der Waals surface area contributed by atoms with Crippen molar-refractivity contribution in [3.63, 3.8) is 0 Å². The highest BCUT2D eigenvalue weighted by molar-refractivity contribution is 5.40. The lowest BCUT2D eigenvalue weighted by molar-refractivity contribution is 0.303. The maximum atomic E-state index is 4.68. The fourth-order valence-electron chi connectivity index (χ4n) is 2.70. The van der Waals surface area contributed by atoms with E-state index in [1.54, 1.807) is 0 Å². The van der Waals surface area contributed by atoms with E-state index in [1.807, 2.05) is 0 Å². The second-order valence-corrected chi connectivity index (χ2v) is 5.17. The van der Waals surface area contributed by atoms with Crippen LogP contribution in [0.15, 0.2) is 12.1 Å². The van der Waals surface area contributed by atoms with Crippen molar-refractivity contribution in [3.05, 3.63) is 23.4 Å². The number of hydrogen-bond acceptors (Lipinski definition) is 2. The largest absolute Gasteiger partial charge is 0.370 e. The van der Waals surface area contributed by atoms with Crippen LogP contribution in [0.5, 0.6) is 0 Å². The molecule has 1 aromatic rings. The molecule has 16 heavy (non-hydrogen) atoms. The molecule has 3 rings (SSSR count). The van der Waals surface area contributed by atoms with Crippen LogP contribution in [0.25, 0.3) is 0 Å². The fourth-order valence-corrected chi connectivity index (χ4v) is 2.70. The van der Waals surface area contributed by atoms with E-state index in [0.717, 1.165) is 18.3 Å². The number of aromatic nitrogens is 1. The Hall–Kier alpha value is -1.05. The molecule has 1 fully saturated rings. The molecule has 1 N–H and O–H groups in total. The normalized spacial score (nSPS) is 19.2. The predicted octanol–water partition coefficient (Wildman–Crippen LogP) is 3.17. The molecule has 2 nitrogen and oxygen atoms in total. The van der Waals surface area contributed by atoms with Gasteiger partial charge in [-0.25, -0.2) is 4.98 Å². The van der Waals surface area contributed by atoms with Crippen molar-refractivity contribution in [2.45, 2.75) is 44.9 Å². The van der Waals surface area contributed by atoms with Gasteiger partial charge in [-0.05, 0) is 43.2 Å². The SMILES string of the molecule is c1cc2c(nc1NCCC1CCC1)CCC2. The number of hydrogen-bond donors (Lipinski definition) is 1. The number of fused-ring (bicyclic) bond motifs is 1. The second kappa shape index (κ2) is 4.44. The lowest BCUT2D eigenvalue weighted by Gasteiger charge is -2.25. The Labute approximate surface area is 97.5 Å². The molecule has 0 atom stereocenters. The molecule has 1 saturated carbocycles. The molecule has 0 bridgehead atoms. The molecular formula is C14H20N2. The summed E-state index contributed by atoms with van der Waals surface area (Å²) in [6.07, 6.45) is 9.34. The summed E-state index contributed by atoms with van der Waals surface area (Å²) in [7, 11) is 0. The van der Waals surface area contributed by atoms with E-state index >= 15 is 0 Å². The minimum atomic E-state index is 0.988. The molecule has 1 aromatic heterocycles. The van der Waals surface area contributed by atoms with E-state index < -0.39 is 0 Å². The van der Waals surface area contributed by atoms with E-state index in [0.29, 0.717) is 0 Å². The highest BCUT2D eigenvalue weighted by atomic mass is 15.0. The lowest BCUT2D eigenvalue weighted by atomic mass is 9.83. The molecule has 2 aliphatic carbocycles. The minimum Gasteiger partial charge on any atom is -0.370 e. The average molecular weight is 216 g/mol. The molecule has 1 heterocycles. The maximum Gasteiger partial charge on any atom is 0.126 e. The number of nitrogens with one attached hydrogen (secondary N) is 1. The number of aryl methyl sites for hydroxylation is 2. The Kier molecular flexibility index (Phi) is 2.81. The molecule has 0 amide bonds. The van der Waals surface area contributed by atoms with Crippen molar-refractivity contribution in [1.29, 1.82) is 0 Å². The van der Waals surface area contributed by atoms with E-state index in [9.17, 15) is 0 Å². The zero-order valence-corrected chi connectivity index (χ0v) is 9.84. The van der Waals surface area contributed by atoms with Gasteiger partial charge in [0, 0.05) is 12.2 Å². The molecule has 2 aliphatic rings. The molecule has 0 aliphatic heterocycles. The third kappa shape index (κ3) is 2.06. The predicted molar refractivity (Wildman–Crippen MR) is 66.7 cm³/mol. The summed E-state index contributed by atoms with van der Waals surface area (Å²) >= 11 is 0. The van der Waals surface area contributed by atoms with Crippen LogP contribution in [0.4, 0.5) is 5.82 Å². The third-order valence-corrected chi connectivity index (χ3v) is 4.01. The molecular weight excluding hydrogens is 196 g/mol. The van der Waals surface area contributed by atoms with Crippen LogP contribution in [-0.4, -0.2) is 11.5 Å². The summed E-state index contributed by atoms with van der Waals surface area (Å²) in [5.41, 5.74) is 2.79. The Bertz CT molecular complexity index is 369. The van der Waals surface area contributed by atoms with E-state index in [4.69, 9.17) is 0 Å². The van der Waals surface area contributed by atoms with E-state index in [1.165, 1.54) is 56.2 Å². The van der Waals surface area contributed by atoms with Gasteiger partial charge in [0.15, 0.2) is 0 Å². The maximum absolute atomic E-state index is 4.68. The van der Waals surface area contributed by atoms with Crippen LogP contribution in [0, 0.1) is 5.92 Å². The lowest BCUT2D eigenvalue weighted by Crippen LogP contribution is -2.16. The summed E-state index contributed by atoms with van der Waals surface area (Å²) in [4.78, 5) is 4.68. The first-order valence-corrected chi connectivity index (χ1v) is 6.64. The summed E-state index contributed by atoms with van der Waals surface area (Å²) < 4.78 is 0. The summed E-state index contributed by atoms with van der Waals surface area (Å²) in [6.45, 7) is 1.09. The Balaban J connectivity index is 1.53. The monoisotopic (exact) mass is 216 g/mol. The van der Waals surface area contributed by atoms with Crippen LogP contribution in [0.2, 0.25) is 0 Å². The van der Waals surface area contributed by atoms with Gasteiger partial charge >= 0.3 is 0 Å². The molecule has 0 unspecified atom stereocenters. The van der Waals surface area contributed by atoms with Gasteiger partial charge in [-0.3, -0.25) is 0 Å². The number of pyridine rings is 1. The van der Waals surface area contributed by atoms with Gasteiger partial charge in [0.05, 0.1) is 0 Å². The Morgan fingerprint density at radius 2 is 2.12 bits per heavy atom. The molecule has 2 heteroatoms. The topological polar surface area (TPSA) is 24.9 Å². The van der Waals surface area contributed by atoms with Crippen molar-refractivity contribution in [2.24, 2.45) is 5.92 Å². The van der Waals surface area contributed by atoms with Crippen molar-refractivity contribution < 1.29 is 0 Å². The van der Waals surface area contributed by atoms with Crippen molar-refractivity contribution >= 4 is 5.82 Å². The molecule has 0 aromatic carbocycles.